The molecule has 0 spiro atoms. The van der Waals surface area contributed by atoms with Gasteiger partial charge in [-0.15, -0.1) is 0 Å². The Balaban J connectivity index is 1.70. The van der Waals surface area contributed by atoms with Crippen LogP contribution >= 0.6 is 0 Å². The molecule has 4 rings (SSSR count). The van der Waals surface area contributed by atoms with E-state index >= 15 is 0 Å². The van der Waals surface area contributed by atoms with E-state index in [0.29, 0.717) is 11.3 Å². The van der Waals surface area contributed by atoms with Gasteiger partial charge in [0.1, 0.15) is 6.33 Å². The maximum atomic E-state index is 12.6. The first-order valence-corrected chi connectivity index (χ1v) is 8.10. The van der Waals surface area contributed by atoms with Gasteiger partial charge in [0.25, 0.3) is 5.56 Å². The zero-order valence-electron chi connectivity index (χ0n) is 12.9. The predicted octanol–water partition coefficient (Wildman–Crippen LogP) is 2.85. The molecule has 0 bridgehead atoms. The Morgan fingerprint density at radius 3 is 2.52 bits per heavy atom. The maximum Gasteiger partial charge on any atom is 0.265 e. The molecule has 2 aromatic carbocycles. The van der Waals surface area contributed by atoms with E-state index in [1.807, 2.05) is 36.4 Å². The molecule has 1 aliphatic heterocycles. The average Bonchev–Trinajstić information content (AvgIpc) is 2.63. The SMILES string of the molecule is O=c1c2ccccc2ncn1-c1ccc(C2CCNCC2)cc1. The van der Waals surface area contributed by atoms with Gasteiger partial charge in [-0.05, 0) is 61.7 Å². The fourth-order valence-electron chi connectivity index (χ4n) is 3.32. The second-order valence-corrected chi connectivity index (χ2v) is 6.05. The van der Waals surface area contributed by atoms with Gasteiger partial charge in [-0.3, -0.25) is 9.36 Å². The summed E-state index contributed by atoms with van der Waals surface area (Å²) in [6, 6.07) is 15.8. The van der Waals surface area contributed by atoms with Crippen molar-refractivity contribution in [1.29, 1.82) is 0 Å². The number of hydrogen-bond acceptors (Lipinski definition) is 3. The summed E-state index contributed by atoms with van der Waals surface area (Å²) in [5, 5.41) is 4.04. The van der Waals surface area contributed by atoms with Gasteiger partial charge in [0.2, 0.25) is 0 Å². The van der Waals surface area contributed by atoms with Gasteiger partial charge in [-0.25, -0.2) is 4.98 Å². The first-order chi connectivity index (χ1) is 11.3. The molecular formula is C19H19N3O. The summed E-state index contributed by atoms with van der Waals surface area (Å²) >= 11 is 0. The standard InChI is InChI=1S/C19H19N3O/c23-19-17-3-1-2-4-18(17)21-13-22(19)16-7-5-14(6-8-16)15-9-11-20-12-10-15/h1-8,13,15,20H,9-12H2. The fourth-order valence-corrected chi connectivity index (χ4v) is 3.32. The van der Waals surface area contributed by atoms with Crippen molar-refractivity contribution >= 4 is 10.9 Å². The highest BCUT2D eigenvalue weighted by atomic mass is 16.1. The van der Waals surface area contributed by atoms with E-state index in [4.69, 9.17) is 0 Å². The second-order valence-electron chi connectivity index (χ2n) is 6.05. The Hall–Kier alpha value is -2.46. The molecule has 4 heteroatoms. The fraction of sp³-hybridized carbons (Fsp3) is 0.263. The lowest BCUT2D eigenvalue weighted by atomic mass is 9.90. The third-order valence-corrected chi connectivity index (χ3v) is 4.65. The monoisotopic (exact) mass is 305 g/mol. The number of para-hydroxylation sites is 1. The minimum atomic E-state index is -0.0229. The Morgan fingerprint density at radius 2 is 1.74 bits per heavy atom. The number of benzene rings is 2. The van der Waals surface area contributed by atoms with Gasteiger partial charge in [0.05, 0.1) is 16.6 Å². The molecule has 0 aliphatic carbocycles. The molecule has 1 aliphatic rings. The summed E-state index contributed by atoms with van der Waals surface area (Å²) in [5.41, 5.74) is 2.94. The first kappa shape index (κ1) is 14.2. The van der Waals surface area contributed by atoms with Gasteiger partial charge in [0.15, 0.2) is 0 Å². The molecule has 3 aromatic rings. The van der Waals surface area contributed by atoms with Crippen LogP contribution in [0.2, 0.25) is 0 Å². The molecule has 4 nitrogen and oxygen atoms in total. The van der Waals surface area contributed by atoms with E-state index in [-0.39, 0.29) is 5.56 Å². The quantitative estimate of drug-likeness (QED) is 0.792. The first-order valence-electron chi connectivity index (χ1n) is 8.10. The van der Waals surface area contributed by atoms with E-state index in [0.717, 1.165) is 24.3 Å². The van der Waals surface area contributed by atoms with Gasteiger partial charge >= 0.3 is 0 Å². The topological polar surface area (TPSA) is 46.9 Å². The number of hydrogen-bond donors (Lipinski definition) is 1. The molecule has 23 heavy (non-hydrogen) atoms. The molecule has 1 saturated heterocycles. The van der Waals surface area contributed by atoms with Crippen LogP contribution in [0.5, 0.6) is 0 Å². The van der Waals surface area contributed by atoms with Crippen LogP contribution in [0, 0.1) is 0 Å². The number of aromatic nitrogens is 2. The minimum Gasteiger partial charge on any atom is -0.317 e. The summed E-state index contributed by atoms with van der Waals surface area (Å²) in [6.45, 7) is 2.17. The molecule has 0 saturated carbocycles. The van der Waals surface area contributed by atoms with Gasteiger partial charge in [-0.1, -0.05) is 24.3 Å². The van der Waals surface area contributed by atoms with Crippen LogP contribution in [0.25, 0.3) is 16.6 Å². The van der Waals surface area contributed by atoms with Crippen LogP contribution in [-0.2, 0) is 0 Å². The van der Waals surface area contributed by atoms with E-state index in [1.54, 1.807) is 10.9 Å². The smallest absolute Gasteiger partial charge is 0.265 e. The van der Waals surface area contributed by atoms with E-state index in [2.05, 4.69) is 22.4 Å². The molecule has 0 amide bonds. The van der Waals surface area contributed by atoms with Crippen LogP contribution in [0.1, 0.15) is 24.3 Å². The number of fused-ring (bicyclic) bond motifs is 1. The number of nitrogens with one attached hydrogen (secondary N) is 1. The van der Waals surface area contributed by atoms with Gasteiger partial charge < -0.3 is 5.32 Å². The lowest BCUT2D eigenvalue weighted by molar-refractivity contribution is 0.460. The predicted molar refractivity (Wildman–Crippen MR) is 92.2 cm³/mol. The van der Waals surface area contributed by atoms with Crippen LogP contribution in [-0.4, -0.2) is 22.6 Å². The Kier molecular flexibility index (Phi) is 3.67. The van der Waals surface area contributed by atoms with Crippen molar-refractivity contribution in [2.24, 2.45) is 0 Å². The molecular weight excluding hydrogens is 286 g/mol. The molecule has 116 valence electrons. The van der Waals surface area contributed by atoms with E-state index < -0.39 is 0 Å². The van der Waals surface area contributed by atoms with Crippen molar-refractivity contribution in [3.63, 3.8) is 0 Å². The van der Waals surface area contributed by atoms with E-state index in [1.165, 1.54) is 18.4 Å². The largest absolute Gasteiger partial charge is 0.317 e. The molecule has 1 fully saturated rings. The second kappa shape index (κ2) is 5.97. The van der Waals surface area contributed by atoms with Crippen molar-refractivity contribution in [3.05, 3.63) is 70.8 Å². The van der Waals surface area contributed by atoms with Crippen LogP contribution in [0.15, 0.2) is 59.7 Å². The lowest BCUT2D eigenvalue weighted by Gasteiger charge is -2.23. The highest BCUT2D eigenvalue weighted by Crippen LogP contribution is 2.25. The zero-order chi connectivity index (χ0) is 15.6. The number of rotatable bonds is 2. The van der Waals surface area contributed by atoms with Crippen molar-refractivity contribution in [1.82, 2.24) is 14.9 Å². The lowest BCUT2D eigenvalue weighted by Crippen LogP contribution is -2.26. The normalized spacial score (nSPS) is 15.8. The van der Waals surface area contributed by atoms with Crippen LogP contribution in [0.4, 0.5) is 0 Å². The molecule has 2 heterocycles. The van der Waals surface area contributed by atoms with Gasteiger partial charge in [0, 0.05) is 0 Å². The Morgan fingerprint density at radius 1 is 1.00 bits per heavy atom. The molecule has 1 N–H and O–H groups in total. The molecule has 0 atom stereocenters. The summed E-state index contributed by atoms with van der Waals surface area (Å²) < 4.78 is 1.62. The summed E-state index contributed by atoms with van der Waals surface area (Å²) in [7, 11) is 0. The number of nitrogens with zero attached hydrogens (tertiary/aromatic N) is 2. The van der Waals surface area contributed by atoms with Crippen molar-refractivity contribution in [2.75, 3.05) is 13.1 Å². The summed E-state index contributed by atoms with van der Waals surface area (Å²) in [4.78, 5) is 17.0. The molecule has 0 unspecified atom stereocenters. The van der Waals surface area contributed by atoms with Crippen LogP contribution in [0.3, 0.4) is 0 Å². The summed E-state index contributed by atoms with van der Waals surface area (Å²) in [6.07, 6.45) is 3.97. The maximum absolute atomic E-state index is 12.6. The van der Waals surface area contributed by atoms with Crippen molar-refractivity contribution in [3.8, 4) is 5.69 Å². The third-order valence-electron chi connectivity index (χ3n) is 4.65. The zero-order valence-corrected chi connectivity index (χ0v) is 12.9. The van der Waals surface area contributed by atoms with E-state index in [9.17, 15) is 4.79 Å². The van der Waals surface area contributed by atoms with Crippen molar-refractivity contribution in [2.45, 2.75) is 18.8 Å². The van der Waals surface area contributed by atoms with Crippen LogP contribution < -0.4 is 10.9 Å². The molecule has 1 aromatic heterocycles. The third kappa shape index (κ3) is 2.66. The number of piperidine rings is 1. The van der Waals surface area contributed by atoms with Gasteiger partial charge in [-0.2, -0.15) is 0 Å². The van der Waals surface area contributed by atoms with Crippen molar-refractivity contribution < 1.29 is 0 Å². The highest BCUT2D eigenvalue weighted by molar-refractivity contribution is 5.77. The average molecular weight is 305 g/mol. The Labute approximate surface area is 134 Å². The Bertz CT molecular complexity index is 877. The summed E-state index contributed by atoms with van der Waals surface area (Å²) in [5.74, 6) is 0.622. The highest BCUT2D eigenvalue weighted by Gasteiger charge is 2.15. The minimum absolute atomic E-state index is 0.0229. The molecule has 0 radical (unpaired) electrons.